The van der Waals surface area contributed by atoms with E-state index in [1.807, 2.05) is 65.2 Å². The lowest BCUT2D eigenvalue weighted by Crippen LogP contribution is -2.29. The Morgan fingerprint density at radius 1 is 1.04 bits per heavy atom. The van der Waals surface area contributed by atoms with Crippen molar-refractivity contribution in [3.05, 3.63) is 71.9 Å². The number of para-hydroxylation sites is 1. The first-order chi connectivity index (χ1) is 13.0. The smallest absolute Gasteiger partial charge is 0.307 e. The molecule has 0 atom stereocenters. The number of fused-ring (bicyclic) bond motifs is 1. The third-order valence-corrected chi connectivity index (χ3v) is 4.21. The molecule has 27 heavy (non-hydrogen) atoms. The highest BCUT2D eigenvalue weighted by Crippen LogP contribution is 2.21. The van der Waals surface area contributed by atoms with Gasteiger partial charge in [-0.15, -0.1) is 0 Å². The van der Waals surface area contributed by atoms with Gasteiger partial charge in [0.15, 0.2) is 0 Å². The van der Waals surface area contributed by atoms with Crippen LogP contribution in [0.15, 0.2) is 60.7 Å². The third kappa shape index (κ3) is 4.76. The van der Waals surface area contributed by atoms with Gasteiger partial charge in [-0.25, -0.2) is 0 Å². The standard InChI is InChI=1S/C22H24N2O3/c1-16(2)27-21(25)12-13-23-22(26)20-14-18-10-6-7-11-19(18)24(20)15-17-8-4-3-5-9-17/h3-11,14,16H,12-13,15H2,1-2H3,(H,23,26). The van der Waals surface area contributed by atoms with Crippen LogP contribution in [-0.2, 0) is 16.1 Å². The Kier molecular flexibility index (Phi) is 5.91. The van der Waals surface area contributed by atoms with Gasteiger partial charge in [0, 0.05) is 24.0 Å². The average Bonchev–Trinajstić information content (AvgIpc) is 3.01. The second kappa shape index (κ2) is 8.54. The molecule has 0 saturated heterocycles. The molecule has 0 fully saturated rings. The second-order valence-electron chi connectivity index (χ2n) is 6.70. The Morgan fingerprint density at radius 3 is 2.48 bits per heavy atom. The largest absolute Gasteiger partial charge is 0.463 e. The first kappa shape index (κ1) is 18.7. The van der Waals surface area contributed by atoms with Crippen molar-refractivity contribution in [3.8, 4) is 0 Å². The number of aromatic nitrogens is 1. The predicted molar refractivity (Wildman–Crippen MR) is 106 cm³/mol. The minimum absolute atomic E-state index is 0.151. The molecule has 1 aromatic heterocycles. The summed E-state index contributed by atoms with van der Waals surface area (Å²) in [6, 6.07) is 19.8. The first-order valence-electron chi connectivity index (χ1n) is 9.14. The van der Waals surface area contributed by atoms with Crippen LogP contribution in [0, 0.1) is 0 Å². The summed E-state index contributed by atoms with van der Waals surface area (Å²) in [6.07, 6.45) is 0.00430. The molecule has 1 N–H and O–H groups in total. The zero-order chi connectivity index (χ0) is 19.2. The van der Waals surface area contributed by atoms with E-state index >= 15 is 0 Å². The predicted octanol–water partition coefficient (Wildman–Crippen LogP) is 3.76. The quantitative estimate of drug-likeness (QED) is 0.650. The number of benzene rings is 2. The maximum absolute atomic E-state index is 12.7. The van der Waals surface area contributed by atoms with E-state index in [0.717, 1.165) is 16.5 Å². The van der Waals surface area contributed by atoms with Crippen LogP contribution in [0.1, 0.15) is 36.3 Å². The minimum atomic E-state index is -0.310. The molecule has 0 bridgehead atoms. The van der Waals surface area contributed by atoms with Gasteiger partial charge in [-0.2, -0.15) is 0 Å². The Bertz CT molecular complexity index is 929. The monoisotopic (exact) mass is 364 g/mol. The molecule has 3 aromatic rings. The van der Waals surface area contributed by atoms with E-state index in [1.54, 1.807) is 13.8 Å². The molecule has 1 heterocycles. The van der Waals surface area contributed by atoms with Crippen molar-refractivity contribution in [1.82, 2.24) is 9.88 Å². The zero-order valence-corrected chi connectivity index (χ0v) is 15.6. The molecule has 0 aliphatic carbocycles. The van der Waals surface area contributed by atoms with Crippen molar-refractivity contribution in [3.63, 3.8) is 0 Å². The lowest BCUT2D eigenvalue weighted by Gasteiger charge is -2.12. The van der Waals surface area contributed by atoms with Crippen LogP contribution in [0.4, 0.5) is 0 Å². The Morgan fingerprint density at radius 2 is 1.74 bits per heavy atom. The summed E-state index contributed by atoms with van der Waals surface area (Å²) in [4.78, 5) is 24.4. The van der Waals surface area contributed by atoms with Crippen molar-refractivity contribution in [2.45, 2.75) is 32.9 Å². The molecule has 0 spiro atoms. The van der Waals surface area contributed by atoms with Crippen molar-refractivity contribution in [2.75, 3.05) is 6.54 Å². The maximum atomic E-state index is 12.7. The van der Waals surface area contributed by atoms with Crippen molar-refractivity contribution in [1.29, 1.82) is 0 Å². The van der Waals surface area contributed by atoms with E-state index in [0.29, 0.717) is 12.2 Å². The van der Waals surface area contributed by atoms with Gasteiger partial charge in [0.05, 0.1) is 12.5 Å². The fourth-order valence-corrected chi connectivity index (χ4v) is 3.03. The minimum Gasteiger partial charge on any atom is -0.463 e. The summed E-state index contributed by atoms with van der Waals surface area (Å²) < 4.78 is 7.10. The van der Waals surface area contributed by atoms with Crippen LogP contribution in [0.5, 0.6) is 0 Å². The molecular formula is C22H24N2O3. The summed E-state index contributed by atoms with van der Waals surface area (Å²) in [5.41, 5.74) is 2.71. The number of carbonyl (C=O) groups excluding carboxylic acids is 2. The molecule has 1 amide bonds. The van der Waals surface area contributed by atoms with E-state index in [2.05, 4.69) is 5.32 Å². The summed E-state index contributed by atoms with van der Waals surface area (Å²) in [6.45, 7) is 4.46. The van der Waals surface area contributed by atoms with Crippen LogP contribution in [0.25, 0.3) is 10.9 Å². The summed E-state index contributed by atoms with van der Waals surface area (Å²) in [5.74, 6) is -0.505. The Hall–Kier alpha value is -3.08. The van der Waals surface area contributed by atoms with Gasteiger partial charge in [0.25, 0.3) is 5.91 Å². The van der Waals surface area contributed by atoms with Crippen LogP contribution in [-0.4, -0.2) is 29.1 Å². The topological polar surface area (TPSA) is 60.3 Å². The normalized spacial score (nSPS) is 10.9. The zero-order valence-electron chi connectivity index (χ0n) is 15.6. The highest BCUT2D eigenvalue weighted by Gasteiger charge is 2.16. The molecule has 0 unspecified atom stereocenters. The van der Waals surface area contributed by atoms with Gasteiger partial charge in [-0.1, -0.05) is 48.5 Å². The molecule has 2 aromatic carbocycles. The lowest BCUT2D eigenvalue weighted by atomic mass is 10.2. The van der Waals surface area contributed by atoms with Crippen molar-refractivity contribution >= 4 is 22.8 Å². The third-order valence-electron chi connectivity index (χ3n) is 4.21. The van der Waals surface area contributed by atoms with E-state index in [-0.39, 0.29) is 30.9 Å². The Labute approximate surface area is 158 Å². The number of ether oxygens (including phenoxy) is 1. The molecule has 0 aliphatic heterocycles. The van der Waals surface area contributed by atoms with Crippen LogP contribution in [0.3, 0.4) is 0 Å². The molecular weight excluding hydrogens is 340 g/mol. The average molecular weight is 364 g/mol. The summed E-state index contributed by atoms with van der Waals surface area (Å²) in [7, 11) is 0. The molecule has 0 aliphatic rings. The van der Waals surface area contributed by atoms with Gasteiger partial charge in [-0.05, 0) is 31.5 Å². The first-order valence-corrected chi connectivity index (χ1v) is 9.14. The number of nitrogens with zero attached hydrogens (tertiary/aromatic N) is 1. The van der Waals surface area contributed by atoms with Gasteiger partial charge in [-0.3, -0.25) is 9.59 Å². The van der Waals surface area contributed by atoms with Gasteiger partial charge in [0.1, 0.15) is 5.69 Å². The fourth-order valence-electron chi connectivity index (χ4n) is 3.03. The van der Waals surface area contributed by atoms with Crippen molar-refractivity contribution in [2.24, 2.45) is 0 Å². The van der Waals surface area contributed by atoms with E-state index < -0.39 is 0 Å². The molecule has 0 radical (unpaired) electrons. The number of hydrogen-bond donors (Lipinski definition) is 1. The number of carbonyl (C=O) groups is 2. The molecule has 5 heteroatoms. The second-order valence-corrected chi connectivity index (χ2v) is 6.70. The summed E-state index contributed by atoms with van der Waals surface area (Å²) in [5, 5.41) is 3.84. The van der Waals surface area contributed by atoms with Crippen LogP contribution in [0.2, 0.25) is 0 Å². The lowest BCUT2D eigenvalue weighted by molar-refractivity contribution is -0.147. The molecule has 0 saturated carbocycles. The van der Waals surface area contributed by atoms with E-state index in [1.165, 1.54) is 0 Å². The number of rotatable bonds is 7. The fraction of sp³-hybridized carbons (Fsp3) is 0.273. The highest BCUT2D eigenvalue weighted by molar-refractivity contribution is 5.99. The van der Waals surface area contributed by atoms with Crippen molar-refractivity contribution < 1.29 is 14.3 Å². The van der Waals surface area contributed by atoms with Gasteiger partial charge >= 0.3 is 5.97 Å². The van der Waals surface area contributed by atoms with E-state index in [9.17, 15) is 9.59 Å². The number of nitrogens with one attached hydrogen (secondary N) is 1. The number of esters is 1. The maximum Gasteiger partial charge on any atom is 0.307 e. The van der Waals surface area contributed by atoms with Gasteiger partial charge < -0.3 is 14.6 Å². The highest BCUT2D eigenvalue weighted by atomic mass is 16.5. The SMILES string of the molecule is CC(C)OC(=O)CCNC(=O)c1cc2ccccc2n1Cc1ccccc1. The molecule has 3 rings (SSSR count). The number of amides is 1. The van der Waals surface area contributed by atoms with Crippen LogP contribution >= 0.6 is 0 Å². The van der Waals surface area contributed by atoms with Gasteiger partial charge in [0.2, 0.25) is 0 Å². The molecule has 5 nitrogen and oxygen atoms in total. The molecule has 140 valence electrons. The Balaban J connectivity index is 1.78. The van der Waals surface area contributed by atoms with Crippen LogP contribution < -0.4 is 5.32 Å². The number of hydrogen-bond acceptors (Lipinski definition) is 3. The summed E-state index contributed by atoms with van der Waals surface area (Å²) >= 11 is 0. The van der Waals surface area contributed by atoms with E-state index in [4.69, 9.17) is 4.74 Å².